The van der Waals surface area contributed by atoms with Crippen LogP contribution in [0, 0.1) is 11.3 Å². The summed E-state index contributed by atoms with van der Waals surface area (Å²) in [5.41, 5.74) is 0.583. The molecular weight excluding hydrogens is 270 g/mol. The number of nitriles is 1. The lowest BCUT2D eigenvalue weighted by molar-refractivity contribution is -0.134. The van der Waals surface area contributed by atoms with Crippen LogP contribution >= 0.6 is 11.3 Å². The van der Waals surface area contributed by atoms with Gasteiger partial charge in [-0.3, -0.25) is 9.69 Å². The Labute approximate surface area is 124 Å². The maximum atomic E-state index is 12.3. The van der Waals surface area contributed by atoms with Gasteiger partial charge in [-0.1, -0.05) is 0 Å². The Morgan fingerprint density at radius 3 is 3.00 bits per heavy atom. The van der Waals surface area contributed by atoms with E-state index in [9.17, 15) is 4.79 Å². The summed E-state index contributed by atoms with van der Waals surface area (Å²) in [6.07, 6.45) is 1.01. The number of likely N-dealkylation sites (N-methyl/N-ethyl adjacent to an activating group) is 1. The van der Waals surface area contributed by atoms with Gasteiger partial charge in [0.1, 0.15) is 5.54 Å². The van der Waals surface area contributed by atoms with Crippen molar-refractivity contribution >= 4 is 17.2 Å². The Morgan fingerprint density at radius 2 is 2.35 bits per heavy atom. The zero-order valence-electron chi connectivity index (χ0n) is 12.5. The molecule has 0 saturated heterocycles. The summed E-state index contributed by atoms with van der Waals surface area (Å²) in [4.78, 5) is 17.5. The van der Waals surface area contributed by atoms with Crippen molar-refractivity contribution in [3.63, 3.8) is 0 Å². The van der Waals surface area contributed by atoms with Gasteiger partial charge in [0.25, 0.3) is 0 Å². The Hall–Kier alpha value is -1.38. The molecule has 1 atom stereocenters. The summed E-state index contributed by atoms with van der Waals surface area (Å²) >= 11 is 1.80. The Balaban J connectivity index is 2.05. The zero-order chi connectivity index (χ0) is 14.9. The first-order chi connectivity index (χ1) is 9.36. The van der Waals surface area contributed by atoms with Crippen LogP contribution in [0.5, 0.6) is 0 Å². The molecule has 1 aliphatic rings. The summed E-state index contributed by atoms with van der Waals surface area (Å²) < 4.78 is 0. The third kappa shape index (κ3) is 2.72. The van der Waals surface area contributed by atoms with Gasteiger partial charge in [-0.15, -0.1) is 11.3 Å². The third-order valence-corrected chi connectivity index (χ3v) is 5.22. The molecule has 0 saturated carbocycles. The topological polar surface area (TPSA) is 47.3 Å². The number of hydrogen-bond donors (Lipinski definition) is 0. The summed E-state index contributed by atoms with van der Waals surface area (Å²) in [6, 6.07) is 4.60. The smallest absolute Gasteiger partial charge is 0.237 e. The Bertz CT molecular complexity index is 544. The van der Waals surface area contributed by atoms with E-state index in [0.717, 1.165) is 13.0 Å². The molecule has 1 amide bonds. The second-order valence-corrected chi connectivity index (χ2v) is 6.82. The van der Waals surface area contributed by atoms with Crippen LogP contribution in [-0.4, -0.2) is 41.4 Å². The Morgan fingerprint density at radius 1 is 1.65 bits per heavy atom. The van der Waals surface area contributed by atoms with Gasteiger partial charge >= 0.3 is 0 Å². The van der Waals surface area contributed by atoms with E-state index in [2.05, 4.69) is 29.3 Å². The van der Waals surface area contributed by atoms with E-state index in [-0.39, 0.29) is 11.9 Å². The molecule has 1 aliphatic heterocycles. The van der Waals surface area contributed by atoms with Crippen molar-refractivity contribution in [2.24, 2.45) is 0 Å². The molecule has 0 fully saturated rings. The number of carbonyl (C=O) groups excluding carboxylic acids is 1. The lowest BCUT2D eigenvalue weighted by Crippen LogP contribution is -2.49. The summed E-state index contributed by atoms with van der Waals surface area (Å²) in [7, 11) is 1.70. The first-order valence-corrected chi connectivity index (χ1v) is 7.73. The second-order valence-electron chi connectivity index (χ2n) is 5.82. The molecule has 0 aliphatic carbocycles. The standard InChI is InChI=1S/C15H21N3OS/c1-11-12-6-8-20-13(12)5-7-18(11)9-14(19)17(4)15(2,3)10-16/h6,8,11H,5,7,9H2,1-4H3/t11-/m0/s1. The van der Waals surface area contributed by atoms with Crippen LogP contribution in [0.4, 0.5) is 0 Å². The molecule has 1 aromatic heterocycles. The number of fused-ring (bicyclic) bond motifs is 1. The van der Waals surface area contributed by atoms with E-state index in [0.29, 0.717) is 6.54 Å². The molecule has 5 heteroatoms. The number of nitrogens with zero attached hydrogens (tertiary/aromatic N) is 3. The molecule has 1 aromatic rings. The number of amides is 1. The molecule has 4 nitrogen and oxygen atoms in total. The Kier molecular flexibility index (Phi) is 4.17. The quantitative estimate of drug-likeness (QED) is 0.859. The summed E-state index contributed by atoms with van der Waals surface area (Å²) in [6.45, 7) is 6.95. The lowest BCUT2D eigenvalue weighted by Gasteiger charge is -2.36. The molecule has 0 radical (unpaired) electrons. The molecule has 2 heterocycles. The highest BCUT2D eigenvalue weighted by molar-refractivity contribution is 7.10. The maximum absolute atomic E-state index is 12.3. The van der Waals surface area contributed by atoms with Crippen molar-refractivity contribution in [1.29, 1.82) is 5.26 Å². The van der Waals surface area contributed by atoms with Crippen LogP contribution in [0.3, 0.4) is 0 Å². The molecule has 0 bridgehead atoms. The first kappa shape index (κ1) is 15.0. The van der Waals surface area contributed by atoms with E-state index in [1.807, 2.05) is 0 Å². The van der Waals surface area contributed by atoms with Crippen molar-refractivity contribution < 1.29 is 4.79 Å². The average molecular weight is 291 g/mol. The zero-order valence-corrected chi connectivity index (χ0v) is 13.3. The molecule has 0 unspecified atom stereocenters. The number of carbonyl (C=O) groups is 1. The van der Waals surface area contributed by atoms with Gasteiger partial charge in [-0.05, 0) is 44.2 Å². The van der Waals surface area contributed by atoms with Crippen LogP contribution in [0.25, 0.3) is 0 Å². The number of thiophene rings is 1. The highest BCUT2D eigenvalue weighted by Gasteiger charge is 2.31. The monoisotopic (exact) mass is 291 g/mol. The third-order valence-electron chi connectivity index (χ3n) is 4.23. The molecule has 20 heavy (non-hydrogen) atoms. The van der Waals surface area contributed by atoms with Crippen LogP contribution in [-0.2, 0) is 11.2 Å². The average Bonchev–Trinajstić information content (AvgIpc) is 2.90. The van der Waals surface area contributed by atoms with Gasteiger partial charge in [0.05, 0.1) is 12.6 Å². The molecule has 2 rings (SSSR count). The largest absolute Gasteiger partial charge is 0.326 e. The minimum atomic E-state index is -0.760. The maximum Gasteiger partial charge on any atom is 0.237 e. The van der Waals surface area contributed by atoms with Gasteiger partial charge in [0, 0.05) is 24.5 Å². The van der Waals surface area contributed by atoms with Gasteiger partial charge in [0.15, 0.2) is 0 Å². The van der Waals surface area contributed by atoms with Crippen LogP contribution < -0.4 is 0 Å². The summed E-state index contributed by atoms with van der Waals surface area (Å²) in [5.74, 6) is 0.00193. The second kappa shape index (κ2) is 5.55. The number of rotatable bonds is 3. The minimum absolute atomic E-state index is 0.00193. The lowest BCUT2D eigenvalue weighted by atomic mass is 10.0. The highest BCUT2D eigenvalue weighted by atomic mass is 32.1. The van der Waals surface area contributed by atoms with E-state index in [1.165, 1.54) is 10.4 Å². The van der Waals surface area contributed by atoms with Crippen molar-refractivity contribution in [2.75, 3.05) is 20.1 Å². The SMILES string of the molecule is C[C@H]1c2ccsc2CCN1CC(=O)N(C)C(C)(C)C#N. The van der Waals surface area contributed by atoms with Crippen LogP contribution in [0.15, 0.2) is 11.4 Å². The minimum Gasteiger partial charge on any atom is -0.326 e. The van der Waals surface area contributed by atoms with Crippen molar-refractivity contribution in [2.45, 2.75) is 38.8 Å². The van der Waals surface area contributed by atoms with Crippen LogP contribution in [0.2, 0.25) is 0 Å². The molecule has 0 spiro atoms. The normalized spacial score (nSPS) is 19.2. The van der Waals surface area contributed by atoms with Gasteiger partial charge < -0.3 is 4.90 Å². The van der Waals surface area contributed by atoms with Gasteiger partial charge in [-0.2, -0.15) is 5.26 Å². The predicted molar refractivity (Wildman–Crippen MR) is 80.5 cm³/mol. The van der Waals surface area contributed by atoms with Crippen molar-refractivity contribution in [3.05, 3.63) is 21.9 Å². The van der Waals surface area contributed by atoms with E-state index in [1.54, 1.807) is 37.1 Å². The van der Waals surface area contributed by atoms with E-state index < -0.39 is 5.54 Å². The van der Waals surface area contributed by atoms with E-state index in [4.69, 9.17) is 5.26 Å². The fourth-order valence-corrected chi connectivity index (χ4v) is 3.41. The van der Waals surface area contributed by atoms with Crippen LogP contribution in [0.1, 0.15) is 37.3 Å². The highest BCUT2D eigenvalue weighted by Crippen LogP contribution is 2.32. The number of hydrogen-bond acceptors (Lipinski definition) is 4. The fraction of sp³-hybridized carbons (Fsp3) is 0.600. The van der Waals surface area contributed by atoms with Crippen molar-refractivity contribution in [3.8, 4) is 6.07 Å². The predicted octanol–water partition coefficient (Wildman–Crippen LogP) is 2.43. The fourth-order valence-electron chi connectivity index (χ4n) is 2.44. The van der Waals surface area contributed by atoms with Crippen molar-refractivity contribution in [1.82, 2.24) is 9.80 Å². The molecular formula is C15H21N3OS. The van der Waals surface area contributed by atoms with Gasteiger partial charge in [0.2, 0.25) is 5.91 Å². The first-order valence-electron chi connectivity index (χ1n) is 6.85. The summed E-state index contributed by atoms with van der Waals surface area (Å²) in [5, 5.41) is 11.2. The van der Waals surface area contributed by atoms with E-state index >= 15 is 0 Å². The van der Waals surface area contributed by atoms with Gasteiger partial charge in [-0.25, -0.2) is 0 Å². The molecule has 108 valence electrons. The molecule has 0 aromatic carbocycles. The molecule has 0 N–H and O–H groups in total.